The van der Waals surface area contributed by atoms with Gasteiger partial charge in [0.05, 0.1) is 5.56 Å². The van der Waals surface area contributed by atoms with Crippen LogP contribution >= 0.6 is 0 Å². The number of piperidine rings is 1. The molecule has 0 saturated carbocycles. The van der Waals surface area contributed by atoms with Gasteiger partial charge in [0.15, 0.2) is 11.6 Å². The van der Waals surface area contributed by atoms with E-state index in [0.29, 0.717) is 11.3 Å². The molecule has 1 saturated heterocycles. The van der Waals surface area contributed by atoms with Gasteiger partial charge < -0.3 is 9.64 Å². The Morgan fingerprint density at radius 3 is 2.71 bits per heavy atom. The van der Waals surface area contributed by atoms with E-state index < -0.39 is 0 Å². The Hall–Kier alpha value is -2.61. The Morgan fingerprint density at radius 1 is 1.17 bits per heavy atom. The fourth-order valence-corrected chi connectivity index (χ4v) is 3.63. The molecule has 1 fully saturated rings. The summed E-state index contributed by atoms with van der Waals surface area (Å²) in [5, 5.41) is 8.86. The first-order valence-corrected chi connectivity index (χ1v) is 8.27. The molecule has 2 aliphatic rings. The molecule has 24 heavy (non-hydrogen) atoms. The Morgan fingerprint density at radius 2 is 2.00 bits per heavy atom. The molecular weight excluding hydrogens is 305 g/mol. The first-order valence-electron chi connectivity index (χ1n) is 8.27. The van der Waals surface area contributed by atoms with Crippen molar-refractivity contribution in [3.8, 4) is 11.8 Å². The van der Waals surface area contributed by atoms with Crippen molar-refractivity contribution in [3.63, 3.8) is 0 Å². The number of nitriles is 1. The number of ether oxygens (including phenoxy) is 1. The molecule has 122 valence electrons. The average molecular weight is 323 g/mol. The van der Waals surface area contributed by atoms with Crippen LogP contribution in [0.1, 0.15) is 30.4 Å². The molecule has 1 aromatic heterocycles. The molecule has 0 bridgehead atoms. The molecule has 2 aromatic rings. The summed E-state index contributed by atoms with van der Waals surface area (Å²) in [7, 11) is 0. The van der Waals surface area contributed by atoms with Crippen molar-refractivity contribution in [1.82, 2.24) is 4.98 Å². The normalized spacial score (nSPS) is 18.6. The van der Waals surface area contributed by atoms with Gasteiger partial charge in [-0.3, -0.25) is 0 Å². The Bertz CT molecular complexity index is 789. The van der Waals surface area contributed by atoms with Crippen molar-refractivity contribution in [2.45, 2.75) is 31.3 Å². The predicted octanol–water partition coefficient (Wildman–Crippen LogP) is 3.46. The zero-order valence-electron chi connectivity index (χ0n) is 13.3. The van der Waals surface area contributed by atoms with E-state index in [4.69, 9.17) is 10.00 Å². The van der Waals surface area contributed by atoms with Gasteiger partial charge in [-0.15, -0.1) is 0 Å². The Labute approximate surface area is 140 Å². The molecule has 1 aromatic carbocycles. The standard InChI is InChI=1S/C19H18FN3O/c20-16-3-1-2-15-6-7-19(24-18(15)16)8-10-23(11-9-19)17-5-4-14(12-21)13-22-17/h1-5,13H,6-11H2. The Kier molecular flexibility index (Phi) is 3.61. The van der Waals surface area contributed by atoms with Crippen molar-refractivity contribution in [2.75, 3.05) is 18.0 Å². The van der Waals surface area contributed by atoms with Crippen LogP contribution in [0, 0.1) is 17.1 Å². The van der Waals surface area contributed by atoms with Gasteiger partial charge in [0.25, 0.3) is 0 Å². The molecule has 5 heteroatoms. The molecular formula is C19H18FN3O. The average Bonchev–Trinajstić information content (AvgIpc) is 2.63. The van der Waals surface area contributed by atoms with Gasteiger partial charge in [0.1, 0.15) is 17.5 Å². The minimum absolute atomic E-state index is 0.261. The van der Waals surface area contributed by atoms with Crippen molar-refractivity contribution in [2.24, 2.45) is 0 Å². The van der Waals surface area contributed by atoms with E-state index in [2.05, 4.69) is 16.0 Å². The number of nitrogens with zero attached hydrogens (tertiary/aromatic N) is 3. The molecule has 1 spiro atoms. The number of aromatic nitrogens is 1. The van der Waals surface area contributed by atoms with Gasteiger partial charge >= 0.3 is 0 Å². The highest BCUT2D eigenvalue weighted by atomic mass is 19.1. The fourth-order valence-electron chi connectivity index (χ4n) is 3.63. The summed E-state index contributed by atoms with van der Waals surface area (Å²) in [5.74, 6) is 1.06. The van der Waals surface area contributed by atoms with Crippen LogP contribution in [0.15, 0.2) is 36.5 Å². The molecule has 2 aliphatic heterocycles. The van der Waals surface area contributed by atoms with Crippen LogP contribution in [0.5, 0.6) is 5.75 Å². The second-order valence-corrected chi connectivity index (χ2v) is 6.52. The number of para-hydroxylation sites is 1. The SMILES string of the molecule is N#Cc1ccc(N2CCC3(CCc4cccc(F)c4O3)CC2)nc1. The van der Waals surface area contributed by atoms with Gasteiger partial charge in [-0.1, -0.05) is 12.1 Å². The highest BCUT2D eigenvalue weighted by Gasteiger charge is 2.40. The van der Waals surface area contributed by atoms with E-state index in [1.807, 2.05) is 12.1 Å². The number of halogens is 1. The molecule has 0 radical (unpaired) electrons. The number of benzene rings is 1. The van der Waals surface area contributed by atoms with Crippen LogP contribution in [0.3, 0.4) is 0 Å². The first kappa shape index (κ1) is 14.9. The zero-order chi connectivity index (χ0) is 16.6. The van der Waals surface area contributed by atoms with E-state index in [0.717, 1.165) is 50.2 Å². The maximum atomic E-state index is 14.1. The summed E-state index contributed by atoms with van der Waals surface area (Å²) in [6, 6.07) is 10.9. The van der Waals surface area contributed by atoms with E-state index in [9.17, 15) is 4.39 Å². The van der Waals surface area contributed by atoms with Crippen molar-refractivity contribution < 1.29 is 9.13 Å². The maximum Gasteiger partial charge on any atom is 0.165 e. The second-order valence-electron chi connectivity index (χ2n) is 6.52. The molecule has 4 nitrogen and oxygen atoms in total. The number of anilines is 1. The summed E-state index contributed by atoms with van der Waals surface area (Å²) in [6.45, 7) is 1.64. The van der Waals surface area contributed by atoms with Crippen LogP contribution < -0.4 is 9.64 Å². The minimum atomic E-state index is -0.266. The van der Waals surface area contributed by atoms with Gasteiger partial charge in [-0.05, 0) is 36.6 Å². The van der Waals surface area contributed by atoms with Gasteiger partial charge in [0.2, 0.25) is 0 Å². The summed E-state index contributed by atoms with van der Waals surface area (Å²) in [4.78, 5) is 6.56. The molecule has 0 amide bonds. The zero-order valence-corrected chi connectivity index (χ0v) is 13.3. The largest absolute Gasteiger partial charge is 0.484 e. The van der Waals surface area contributed by atoms with E-state index in [1.165, 1.54) is 6.07 Å². The lowest BCUT2D eigenvalue weighted by atomic mass is 9.83. The smallest absolute Gasteiger partial charge is 0.165 e. The lowest BCUT2D eigenvalue weighted by Gasteiger charge is -2.45. The first-order chi connectivity index (χ1) is 11.7. The van der Waals surface area contributed by atoms with Crippen molar-refractivity contribution in [1.29, 1.82) is 5.26 Å². The van der Waals surface area contributed by atoms with E-state index in [-0.39, 0.29) is 11.4 Å². The van der Waals surface area contributed by atoms with E-state index in [1.54, 1.807) is 18.3 Å². The maximum absolute atomic E-state index is 14.1. The number of aryl methyl sites for hydroxylation is 1. The lowest BCUT2D eigenvalue weighted by Crippen LogP contribution is -2.50. The third-order valence-corrected chi connectivity index (χ3v) is 5.09. The van der Waals surface area contributed by atoms with Gasteiger partial charge in [-0.25, -0.2) is 9.37 Å². The number of pyridine rings is 1. The predicted molar refractivity (Wildman–Crippen MR) is 88.5 cm³/mol. The van der Waals surface area contributed by atoms with Crippen LogP contribution in [0.25, 0.3) is 0 Å². The number of hydrogen-bond donors (Lipinski definition) is 0. The molecule has 0 aliphatic carbocycles. The minimum Gasteiger partial charge on any atom is -0.484 e. The molecule has 3 heterocycles. The topological polar surface area (TPSA) is 49.2 Å². The van der Waals surface area contributed by atoms with E-state index >= 15 is 0 Å². The van der Waals surface area contributed by atoms with Crippen LogP contribution in [-0.4, -0.2) is 23.7 Å². The molecule has 4 rings (SSSR count). The highest BCUT2D eigenvalue weighted by Crippen LogP contribution is 2.41. The number of hydrogen-bond acceptors (Lipinski definition) is 4. The Balaban J connectivity index is 1.48. The van der Waals surface area contributed by atoms with Gasteiger partial charge in [0, 0.05) is 32.1 Å². The number of rotatable bonds is 1. The summed E-state index contributed by atoms with van der Waals surface area (Å²) < 4.78 is 20.2. The summed E-state index contributed by atoms with van der Waals surface area (Å²) in [5.41, 5.74) is 1.27. The summed E-state index contributed by atoms with van der Waals surface area (Å²) >= 11 is 0. The van der Waals surface area contributed by atoms with Crippen molar-refractivity contribution >= 4 is 5.82 Å². The molecule has 0 unspecified atom stereocenters. The number of fused-ring (bicyclic) bond motifs is 1. The quantitative estimate of drug-likeness (QED) is 0.806. The molecule has 0 atom stereocenters. The monoisotopic (exact) mass is 323 g/mol. The van der Waals surface area contributed by atoms with Crippen LogP contribution in [-0.2, 0) is 6.42 Å². The second kappa shape index (κ2) is 5.79. The third kappa shape index (κ3) is 2.58. The molecule has 0 N–H and O–H groups in total. The van der Waals surface area contributed by atoms with Crippen molar-refractivity contribution in [3.05, 3.63) is 53.5 Å². The third-order valence-electron chi connectivity index (χ3n) is 5.09. The van der Waals surface area contributed by atoms with Gasteiger partial charge in [-0.2, -0.15) is 5.26 Å². The highest BCUT2D eigenvalue weighted by molar-refractivity contribution is 5.43. The van der Waals surface area contributed by atoms with Crippen LogP contribution in [0.4, 0.5) is 10.2 Å². The van der Waals surface area contributed by atoms with Crippen LogP contribution in [0.2, 0.25) is 0 Å². The lowest BCUT2D eigenvalue weighted by molar-refractivity contribution is 0.0184. The fraction of sp³-hybridized carbons (Fsp3) is 0.368. The summed E-state index contributed by atoms with van der Waals surface area (Å²) in [6.07, 6.45) is 5.09.